The van der Waals surface area contributed by atoms with Crippen molar-refractivity contribution in [3.05, 3.63) is 101 Å². The van der Waals surface area contributed by atoms with Gasteiger partial charge in [-0.25, -0.2) is 4.99 Å². The molecule has 0 aliphatic rings. The molecular weight excluding hydrogens is 360 g/mol. The van der Waals surface area contributed by atoms with E-state index in [2.05, 4.69) is 10.3 Å². The number of hydrogen-bond acceptors (Lipinski definition) is 3. The van der Waals surface area contributed by atoms with Crippen LogP contribution in [0.3, 0.4) is 0 Å². The summed E-state index contributed by atoms with van der Waals surface area (Å²) in [7, 11) is 0. The molecule has 29 heavy (non-hydrogen) atoms. The SMILES string of the molecule is Cc1ccc(N=c2oc3ccccc3cc2C(=O)Nc2ccc(C)cc2C)cc1. The Morgan fingerprint density at radius 1 is 0.862 bits per heavy atom. The predicted molar refractivity (Wildman–Crippen MR) is 116 cm³/mol. The van der Waals surface area contributed by atoms with Crippen molar-refractivity contribution in [1.82, 2.24) is 0 Å². The monoisotopic (exact) mass is 382 g/mol. The van der Waals surface area contributed by atoms with Gasteiger partial charge in [0, 0.05) is 11.1 Å². The molecule has 1 amide bonds. The Morgan fingerprint density at radius 3 is 2.34 bits per heavy atom. The van der Waals surface area contributed by atoms with Crippen LogP contribution >= 0.6 is 0 Å². The Hall–Kier alpha value is -3.66. The summed E-state index contributed by atoms with van der Waals surface area (Å²) in [5.74, 6) is -0.252. The number of hydrogen-bond donors (Lipinski definition) is 1. The molecule has 4 rings (SSSR count). The number of nitrogens with zero attached hydrogens (tertiary/aromatic N) is 1. The molecule has 0 saturated heterocycles. The number of benzene rings is 3. The van der Waals surface area contributed by atoms with Gasteiger partial charge in [-0.3, -0.25) is 4.79 Å². The van der Waals surface area contributed by atoms with Crippen molar-refractivity contribution in [1.29, 1.82) is 0 Å². The number of carbonyl (C=O) groups excluding carboxylic acids is 1. The van der Waals surface area contributed by atoms with Gasteiger partial charge in [0.25, 0.3) is 5.91 Å². The minimum Gasteiger partial charge on any atom is -0.438 e. The van der Waals surface area contributed by atoms with Crippen molar-refractivity contribution in [2.24, 2.45) is 4.99 Å². The first kappa shape index (κ1) is 18.7. The standard InChI is InChI=1S/C25H22N2O2/c1-16-8-11-20(12-9-16)26-25-21(15-19-6-4-5-7-23(19)29-25)24(28)27-22-13-10-17(2)14-18(22)3/h4-15H,1-3H3,(H,27,28). The van der Waals surface area contributed by atoms with Crippen molar-refractivity contribution in [2.75, 3.05) is 5.32 Å². The fraction of sp³-hybridized carbons (Fsp3) is 0.120. The highest BCUT2D eigenvalue weighted by Crippen LogP contribution is 2.19. The molecule has 4 nitrogen and oxygen atoms in total. The molecule has 0 bridgehead atoms. The van der Waals surface area contributed by atoms with E-state index in [-0.39, 0.29) is 11.5 Å². The van der Waals surface area contributed by atoms with Crippen LogP contribution < -0.4 is 10.9 Å². The Labute approximate surface area is 169 Å². The largest absolute Gasteiger partial charge is 0.438 e. The highest BCUT2D eigenvalue weighted by molar-refractivity contribution is 6.05. The van der Waals surface area contributed by atoms with E-state index in [0.29, 0.717) is 11.1 Å². The maximum Gasteiger partial charge on any atom is 0.261 e. The molecule has 0 spiro atoms. The van der Waals surface area contributed by atoms with Gasteiger partial charge in [0.05, 0.1) is 5.69 Å². The summed E-state index contributed by atoms with van der Waals surface area (Å²) in [5, 5.41) is 3.84. The molecule has 0 aliphatic heterocycles. The van der Waals surface area contributed by atoms with Gasteiger partial charge in [-0.05, 0) is 56.7 Å². The van der Waals surface area contributed by atoms with Gasteiger partial charge in [0.2, 0.25) is 5.55 Å². The molecule has 0 atom stereocenters. The van der Waals surface area contributed by atoms with Gasteiger partial charge in [-0.2, -0.15) is 0 Å². The lowest BCUT2D eigenvalue weighted by Gasteiger charge is -2.10. The molecule has 144 valence electrons. The second-order valence-electron chi connectivity index (χ2n) is 7.22. The van der Waals surface area contributed by atoms with Crippen molar-refractivity contribution in [2.45, 2.75) is 20.8 Å². The summed E-state index contributed by atoms with van der Waals surface area (Å²) in [6.07, 6.45) is 0. The smallest absolute Gasteiger partial charge is 0.261 e. The highest BCUT2D eigenvalue weighted by atomic mass is 16.3. The van der Waals surface area contributed by atoms with Crippen LogP contribution in [0, 0.1) is 20.8 Å². The number of para-hydroxylation sites is 1. The van der Waals surface area contributed by atoms with Gasteiger partial charge >= 0.3 is 0 Å². The van der Waals surface area contributed by atoms with Crippen LogP contribution in [0.25, 0.3) is 11.0 Å². The van der Waals surface area contributed by atoms with Crippen LogP contribution in [0.2, 0.25) is 0 Å². The number of amides is 1. The van der Waals surface area contributed by atoms with E-state index in [9.17, 15) is 4.79 Å². The van der Waals surface area contributed by atoms with E-state index in [4.69, 9.17) is 4.42 Å². The fourth-order valence-electron chi connectivity index (χ4n) is 3.19. The average molecular weight is 382 g/mol. The van der Waals surface area contributed by atoms with Crippen LogP contribution in [0.4, 0.5) is 11.4 Å². The van der Waals surface area contributed by atoms with Gasteiger partial charge in [0.1, 0.15) is 11.1 Å². The number of nitrogens with one attached hydrogen (secondary N) is 1. The molecule has 0 aliphatic carbocycles. The molecule has 0 fully saturated rings. The Balaban J connectivity index is 1.83. The summed E-state index contributed by atoms with van der Waals surface area (Å²) in [6.45, 7) is 6.03. The second kappa shape index (κ2) is 7.76. The Bertz CT molecular complexity index is 1270. The normalized spacial score (nSPS) is 11.6. The summed E-state index contributed by atoms with van der Waals surface area (Å²) in [5.41, 5.74) is 6.17. The number of rotatable bonds is 3. The maximum atomic E-state index is 13.1. The first-order chi connectivity index (χ1) is 14.0. The number of anilines is 1. The van der Waals surface area contributed by atoms with Gasteiger partial charge in [-0.1, -0.05) is 53.6 Å². The molecule has 4 aromatic rings. The Kier molecular flexibility index (Phi) is 5.00. The second-order valence-corrected chi connectivity index (χ2v) is 7.22. The maximum absolute atomic E-state index is 13.1. The molecule has 1 heterocycles. The van der Waals surface area contributed by atoms with E-state index in [1.807, 2.05) is 93.6 Å². The third-order valence-electron chi connectivity index (χ3n) is 4.80. The third-order valence-corrected chi connectivity index (χ3v) is 4.80. The van der Waals surface area contributed by atoms with Crippen molar-refractivity contribution in [3.8, 4) is 0 Å². The molecule has 4 heteroatoms. The van der Waals surface area contributed by atoms with E-state index >= 15 is 0 Å². The number of fused-ring (bicyclic) bond motifs is 1. The lowest BCUT2D eigenvalue weighted by molar-refractivity contribution is 0.102. The zero-order valence-electron chi connectivity index (χ0n) is 16.7. The van der Waals surface area contributed by atoms with E-state index in [1.165, 1.54) is 0 Å². The number of aryl methyl sites for hydroxylation is 3. The molecule has 0 saturated carbocycles. The van der Waals surface area contributed by atoms with Crippen molar-refractivity contribution < 1.29 is 9.21 Å². The number of carbonyl (C=O) groups is 1. The highest BCUT2D eigenvalue weighted by Gasteiger charge is 2.14. The van der Waals surface area contributed by atoms with E-state index < -0.39 is 0 Å². The average Bonchev–Trinajstić information content (AvgIpc) is 2.71. The predicted octanol–water partition coefficient (Wildman–Crippen LogP) is 5.84. The van der Waals surface area contributed by atoms with Gasteiger partial charge in [-0.15, -0.1) is 0 Å². The molecular formula is C25H22N2O2. The molecule has 3 aromatic carbocycles. The van der Waals surface area contributed by atoms with E-state index in [0.717, 1.165) is 33.5 Å². The van der Waals surface area contributed by atoms with Crippen LogP contribution in [0.15, 0.2) is 82.2 Å². The fourth-order valence-corrected chi connectivity index (χ4v) is 3.19. The van der Waals surface area contributed by atoms with Crippen LogP contribution in [-0.4, -0.2) is 5.91 Å². The van der Waals surface area contributed by atoms with Crippen LogP contribution in [0.5, 0.6) is 0 Å². The zero-order chi connectivity index (χ0) is 20.4. The third kappa shape index (κ3) is 4.11. The molecule has 0 radical (unpaired) electrons. The van der Waals surface area contributed by atoms with E-state index in [1.54, 1.807) is 0 Å². The van der Waals surface area contributed by atoms with Gasteiger partial charge in [0.15, 0.2) is 0 Å². The lowest BCUT2D eigenvalue weighted by atomic mass is 10.1. The Morgan fingerprint density at radius 2 is 1.59 bits per heavy atom. The summed E-state index contributed by atoms with van der Waals surface area (Å²) in [4.78, 5) is 17.7. The van der Waals surface area contributed by atoms with Crippen molar-refractivity contribution in [3.63, 3.8) is 0 Å². The summed E-state index contributed by atoms with van der Waals surface area (Å²) >= 11 is 0. The minimum atomic E-state index is -0.252. The van der Waals surface area contributed by atoms with Crippen molar-refractivity contribution >= 4 is 28.3 Å². The first-order valence-corrected chi connectivity index (χ1v) is 9.52. The van der Waals surface area contributed by atoms with Crippen LogP contribution in [-0.2, 0) is 0 Å². The van der Waals surface area contributed by atoms with Crippen LogP contribution in [0.1, 0.15) is 27.0 Å². The molecule has 0 unspecified atom stereocenters. The van der Waals surface area contributed by atoms with Gasteiger partial charge < -0.3 is 9.73 Å². The molecule has 1 N–H and O–H groups in total. The zero-order valence-corrected chi connectivity index (χ0v) is 16.7. The summed E-state index contributed by atoms with van der Waals surface area (Å²) < 4.78 is 6.01. The molecule has 1 aromatic heterocycles. The minimum absolute atomic E-state index is 0.252. The lowest BCUT2D eigenvalue weighted by Crippen LogP contribution is -2.22. The quantitative estimate of drug-likeness (QED) is 0.484. The first-order valence-electron chi connectivity index (χ1n) is 9.52. The topological polar surface area (TPSA) is 54.6 Å². The summed E-state index contributed by atoms with van der Waals surface area (Å²) in [6, 6.07) is 23.1.